The Morgan fingerprint density at radius 2 is 1.79 bits per heavy atom. The standard InChI is InChI=1S/C17H23NS/c1-17(2,3)15-13-6-4-5-7-14(13)19-16(15)12-8-10-18-11-9-12/h4-7,12,18H,8-11H2,1-3H3. The van der Waals surface area contributed by atoms with Crippen LogP contribution in [0.4, 0.5) is 0 Å². The summed E-state index contributed by atoms with van der Waals surface area (Å²) in [4.78, 5) is 1.65. The number of fused-ring (bicyclic) bond motifs is 1. The fourth-order valence-corrected chi connectivity index (χ4v) is 4.79. The first-order valence-electron chi connectivity index (χ1n) is 7.30. The van der Waals surface area contributed by atoms with Gasteiger partial charge in [0.25, 0.3) is 0 Å². The van der Waals surface area contributed by atoms with E-state index in [4.69, 9.17) is 0 Å². The summed E-state index contributed by atoms with van der Waals surface area (Å²) in [6, 6.07) is 8.92. The molecule has 0 unspecified atom stereocenters. The van der Waals surface area contributed by atoms with Crippen LogP contribution in [0.25, 0.3) is 10.1 Å². The molecule has 1 aromatic carbocycles. The Hall–Kier alpha value is -0.860. The van der Waals surface area contributed by atoms with Gasteiger partial charge in [0.2, 0.25) is 0 Å². The van der Waals surface area contributed by atoms with Gasteiger partial charge in [-0.15, -0.1) is 11.3 Å². The molecule has 1 aliphatic heterocycles. The third-order valence-electron chi connectivity index (χ3n) is 4.08. The summed E-state index contributed by atoms with van der Waals surface area (Å²) in [6.07, 6.45) is 2.58. The molecule has 1 nitrogen and oxygen atoms in total. The maximum atomic E-state index is 3.48. The molecule has 2 heterocycles. The molecule has 19 heavy (non-hydrogen) atoms. The molecule has 2 heteroatoms. The zero-order chi connectivity index (χ0) is 13.5. The van der Waals surface area contributed by atoms with E-state index in [2.05, 4.69) is 50.4 Å². The highest BCUT2D eigenvalue weighted by Crippen LogP contribution is 2.44. The van der Waals surface area contributed by atoms with Crippen molar-refractivity contribution in [1.29, 1.82) is 0 Å². The Bertz CT molecular complexity index is 570. The predicted octanol–water partition coefficient (Wildman–Crippen LogP) is 4.67. The van der Waals surface area contributed by atoms with Crippen molar-refractivity contribution in [3.63, 3.8) is 0 Å². The summed E-state index contributed by atoms with van der Waals surface area (Å²) in [5.41, 5.74) is 1.83. The van der Waals surface area contributed by atoms with E-state index in [9.17, 15) is 0 Å². The van der Waals surface area contributed by atoms with E-state index in [-0.39, 0.29) is 5.41 Å². The second-order valence-corrected chi connectivity index (χ2v) is 7.70. The van der Waals surface area contributed by atoms with Crippen LogP contribution in [0.3, 0.4) is 0 Å². The van der Waals surface area contributed by atoms with Crippen LogP contribution in [0.5, 0.6) is 0 Å². The highest BCUT2D eigenvalue weighted by atomic mass is 32.1. The van der Waals surface area contributed by atoms with Crippen LogP contribution < -0.4 is 5.32 Å². The minimum Gasteiger partial charge on any atom is -0.317 e. The van der Waals surface area contributed by atoms with E-state index in [0.717, 1.165) is 5.92 Å². The van der Waals surface area contributed by atoms with Gasteiger partial charge < -0.3 is 5.32 Å². The molecule has 1 aliphatic rings. The lowest BCUT2D eigenvalue weighted by molar-refractivity contribution is 0.457. The second-order valence-electron chi connectivity index (χ2n) is 6.61. The zero-order valence-electron chi connectivity index (χ0n) is 12.1. The molecular weight excluding hydrogens is 250 g/mol. The second kappa shape index (κ2) is 4.92. The Morgan fingerprint density at radius 1 is 1.11 bits per heavy atom. The molecule has 1 N–H and O–H groups in total. The monoisotopic (exact) mass is 273 g/mol. The molecule has 102 valence electrons. The van der Waals surface area contributed by atoms with Crippen LogP contribution in [0.1, 0.15) is 50.0 Å². The lowest BCUT2D eigenvalue weighted by atomic mass is 9.81. The Kier molecular flexibility index (Phi) is 3.40. The molecule has 0 saturated carbocycles. The van der Waals surface area contributed by atoms with E-state index < -0.39 is 0 Å². The fourth-order valence-electron chi connectivity index (χ4n) is 3.21. The molecule has 1 saturated heterocycles. The van der Waals surface area contributed by atoms with Crippen molar-refractivity contribution >= 4 is 21.4 Å². The van der Waals surface area contributed by atoms with E-state index in [0.29, 0.717) is 0 Å². The van der Waals surface area contributed by atoms with Gasteiger partial charge in [-0.3, -0.25) is 0 Å². The van der Waals surface area contributed by atoms with Crippen molar-refractivity contribution in [3.05, 3.63) is 34.7 Å². The number of hydrogen-bond donors (Lipinski definition) is 1. The van der Waals surface area contributed by atoms with Gasteiger partial charge >= 0.3 is 0 Å². The maximum absolute atomic E-state index is 3.48. The fraction of sp³-hybridized carbons (Fsp3) is 0.529. The van der Waals surface area contributed by atoms with Gasteiger partial charge in [0.05, 0.1) is 0 Å². The molecule has 1 aromatic heterocycles. The number of benzene rings is 1. The smallest absolute Gasteiger partial charge is 0.0348 e. The summed E-state index contributed by atoms with van der Waals surface area (Å²) in [7, 11) is 0. The number of thiophene rings is 1. The summed E-state index contributed by atoms with van der Waals surface area (Å²) in [5, 5.41) is 4.96. The van der Waals surface area contributed by atoms with Crippen LogP contribution in [0.2, 0.25) is 0 Å². The average molecular weight is 273 g/mol. The minimum atomic E-state index is 0.236. The van der Waals surface area contributed by atoms with Crippen LogP contribution in [-0.4, -0.2) is 13.1 Å². The van der Waals surface area contributed by atoms with Gasteiger partial charge in [0, 0.05) is 9.58 Å². The third-order valence-corrected chi connectivity index (χ3v) is 5.42. The Labute approximate surface area is 120 Å². The first kappa shape index (κ1) is 13.1. The van der Waals surface area contributed by atoms with Crippen molar-refractivity contribution in [2.45, 2.75) is 44.9 Å². The molecule has 0 aliphatic carbocycles. The van der Waals surface area contributed by atoms with E-state index >= 15 is 0 Å². The minimum absolute atomic E-state index is 0.236. The zero-order valence-corrected chi connectivity index (χ0v) is 12.9. The molecule has 0 amide bonds. The Balaban J connectivity index is 2.17. The quantitative estimate of drug-likeness (QED) is 0.796. The molecular formula is C17H23NS. The number of hydrogen-bond acceptors (Lipinski definition) is 2. The maximum Gasteiger partial charge on any atom is 0.0348 e. The first-order valence-corrected chi connectivity index (χ1v) is 8.11. The molecule has 0 atom stereocenters. The van der Waals surface area contributed by atoms with Crippen LogP contribution in [0.15, 0.2) is 24.3 Å². The highest BCUT2D eigenvalue weighted by molar-refractivity contribution is 7.19. The third kappa shape index (κ3) is 2.44. The van der Waals surface area contributed by atoms with Gasteiger partial charge in [-0.2, -0.15) is 0 Å². The summed E-state index contributed by atoms with van der Waals surface area (Å²) in [6.45, 7) is 9.40. The number of nitrogens with one attached hydrogen (secondary N) is 1. The first-order chi connectivity index (χ1) is 9.07. The van der Waals surface area contributed by atoms with Gasteiger partial charge in [-0.05, 0) is 54.3 Å². The lowest BCUT2D eigenvalue weighted by Gasteiger charge is -2.27. The Morgan fingerprint density at radius 3 is 2.47 bits per heavy atom. The molecule has 1 fully saturated rings. The highest BCUT2D eigenvalue weighted by Gasteiger charge is 2.28. The molecule has 0 spiro atoms. The van der Waals surface area contributed by atoms with Gasteiger partial charge in [0.15, 0.2) is 0 Å². The molecule has 3 rings (SSSR count). The molecule has 2 aromatic rings. The van der Waals surface area contributed by atoms with Crippen molar-refractivity contribution in [1.82, 2.24) is 5.32 Å². The van der Waals surface area contributed by atoms with E-state index in [1.165, 1.54) is 36.0 Å². The SMILES string of the molecule is CC(C)(C)c1c(C2CCNCC2)sc2ccccc12. The topological polar surface area (TPSA) is 12.0 Å². The van der Waals surface area contributed by atoms with E-state index in [1.807, 2.05) is 11.3 Å². The lowest BCUT2D eigenvalue weighted by Crippen LogP contribution is -2.27. The summed E-state index contributed by atoms with van der Waals surface area (Å²) in [5.74, 6) is 0.757. The van der Waals surface area contributed by atoms with E-state index in [1.54, 1.807) is 10.4 Å². The molecule has 0 radical (unpaired) electrons. The van der Waals surface area contributed by atoms with Gasteiger partial charge in [0.1, 0.15) is 0 Å². The summed E-state index contributed by atoms with van der Waals surface area (Å²) < 4.78 is 1.46. The van der Waals surface area contributed by atoms with Gasteiger partial charge in [-0.25, -0.2) is 0 Å². The summed E-state index contributed by atoms with van der Waals surface area (Å²) >= 11 is 2.03. The van der Waals surface area contributed by atoms with Crippen LogP contribution >= 0.6 is 11.3 Å². The molecule has 0 bridgehead atoms. The van der Waals surface area contributed by atoms with Crippen molar-refractivity contribution in [2.75, 3.05) is 13.1 Å². The van der Waals surface area contributed by atoms with Crippen LogP contribution in [0, 0.1) is 0 Å². The predicted molar refractivity (Wildman–Crippen MR) is 85.4 cm³/mol. The van der Waals surface area contributed by atoms with Crippen molar-refractivity contribution in [2.24, 2.45) is 0 Å². The average Bonchev–Trinajstić information content (AvgIpc) is 2.79. The van der Waals surface area contributed by atoms with Gasteiger partial charge in [-0.1, -0.05) is 39.0 Å². The number of piperidine rings is 1. The largest absolute Gasteiger partial charge is 0.317 e. The van der Waals surface area contributed by atoms with Crippen molar-refractivity contribution < 1.29 is 0 Å². The number of rotatable bonds is 1. The van der Waals surface area contributed by atoms with Crippen LogP contribution in [-0.2, 0) is 5.41 Å². The van der Waals surface area contributed by atoms with Crippen molar-refractivity contribution in [3.8, 4) is 0 Å². The normalized spacial score (nSPS) is 18.1.